The molecule has 23 heavy (non-hydrogen) atoms. The molecule has 2 heterocycles. The van der Waals surface area contributed by atoms with Gasteiger partial charge in [-0.15, -0.1) is 0 Å². The lowest BCUT2D eigenvalue weighted by atomic mass is 10.1. The van der Waals surface area contributed by atoms with Crippen LogP contribution in [0.1, 0.15) is 53.5 Å². The van der Waals surface area contributed by atoms with E-state index in [1.807, 2.05) is 26.1 Å². The fourth-order valence-electron chi connectivity index (χ4n) is 2.85. The minimum Gasteiger partial charge on any atom is -0.347 e. The van der Waals surface area contributed by atoms with Crippen molar-refractivity contribution in [3.05, 3.63) is 46.5 Å². The Labute approximate surface area is 136 Å². The van der Waals surface area contributed by atoms with Gasteiger partial charge in [0.1, 0.15) is 0 Å². The van der Waals surface area contributed by atoms with Crippen LogP contribution in [-0.2, 0) is 11.2 Å². The van der Waals surface area contributed by atoms with Crippen LogP contribution in [0.15, 0.2) is 18.3 Å². The van der Waals surface area contributed by atoms with Crippen LogP contribution in [0.5, 0.6) is 0 Å². The van der Waals surface area contributed by atoms with Crippen LogP contribution in [0.3, 0.4) is 0 Å². The van der Waals surface area contributed by atoms with E-state index in [1.165, 1.54) is 5.56 Å². The summed E-state index contributed by atoms with van der Waals surface area (Å²) in [6.45, 7) is 6.09. The first-order valence-electron chi connectivity index (χ1n) is 8.27. The van der Waals surface area contributed by atoms with Gasteiger partial charge in [0.15, 0.2) is 0 Å². The number of hydrogen-bond donors (Lipinski definition) is 2. The van der Waals surface area contributed by atoms with Gasteiger partial charge in [-0.05, 0) is 62.8 Å². The number of rotatable bonds is 6. The van der Waals surface area contributed by atoms with E-state index in [2.05, 4.69) is 33.5 Å². The number of aryl methyl sites for hydroxylation is 3. The lowest BCUT2D eigenvalue weighted by Gasteiger charge is -2.18. The predicted molar refractivity (Wildman–Crippen MR) is 89.0 cm³/mol. The van der Waals surface area contributed by atoms with Gasteiger partial charge in [-0.2, -0.15) is 5.10 Å². The number of pyridine rings is 1. The van der Waals surface area contributed by atoms with Crippen molar-refractivity contribution < 1.29 is 4.79 Å². The molecule has 0 aliphatic heterocycles. The van der Waals surface area contributed by atoms with Crippen LogP contribution in [0.2, 0.25) is 0 Å². The average Bonchev–Trinajstić information content (AvgIpc) is 3.31. The first-order valence-corrected chi connectivity index (χ1v) is 8.27. The number of amides is 1. The Kier molecular flexibility index (Phi) is 4.46. The SMILES string of the molecule is Cc1ccnc([C@@H](NC(=O)CCc2n[nH]c(C)c2C)C2CC2)c1. The number of hydrogen-bond acceptors (Lipinski definition) is 3. The summed E-state index contributed by atoms with van der Waals surface area (Å²) in [5.74, 6) is 0.605. The summed E-state index contributed by atoms with van der Waals surface area (Å²) in [4.78, 5) is 16.8. The average molecular weight is 312 g/mol. The highest BCUT2D eigenvalue weighted by Crippen LogP contribution is 2.40. The molecular formula is C18H24N4O. The molecule has 0 unspecified atom stereocenters. The molecule has 0 saturated heterocycles. The molecule has 2 N–H and O–H groups in total. The van der Waals surface area contributed by atoms with Gasteiger partial charge in [0, 0.05) is 24.7 Å². The maximum absolute atomic E-state index is 12.4. The molecule has 1 aliphatic carbocycles. The third-order valence-corrected chi connectivity index (χ3v) is 4.61. The van der Waals surface area contributed by atoms with Crippen LogP contribution in [-0.4, -0.2) is 21.1 Å². The number of aromatic amines is 1. The van der Waals surface area contributed by atoms with E-state index in [0.29, 0.717) is 18.8 Å². The van der Waals surface area contributed by atoms with Crippen LogP contribution in [0, 0.1) is 26.7 Å². The van der Waals surface area contributed by atoms with Crippen molar-refractivity contribution in [1.82, 2.24) is 20.5 Å². The second-order valence-electron chi connectivity index (χ2n) is 6.56. The maximum atomic E-state index is 12.4. The van der Waals surface area contributed by atoms with Crippen LogP contribution < -0.4 is 5.32 Å². The van der Waals surface area contributed by atoms with E-state index in [0.717, 1.165) is 35.5 Å². The normalized spacial score (nSPS) is 15.4. The Bertz CT molecular complexity index is 703. The quantitative estimate of drug-likeness (QED) is 0.861. The first kappa shape index (κ1) is 15.7. The van der Waals surface area contributed by atoms with E-state index >= 15 is 0 Å². The van der Waals surface area contributed by atoms with Gasteiger partial charge in [-0.3, -0.25) is 14.9 Å². The molecule has 3 rings (SSSR count). The first-order chi connectivity index (χ1) is 11.0. The van der Waals surface area contributed by atoms with Gasteiger partial charge in [0.25, 0.3) is 0 Å². The summed E-state index contributed by atoms with van der Waals surface area (Å²) in [7, 11) is 0. The summed E-state index contributed by atoms with van der Waals surface area (Å²) < 4.78 is 0. The molecular weight excluding hydrogens is 288 g/mol. The fourth-order valence-corrected chi connectivity index (χ4v) is 2.85. The molecule has 0 aromatic carbocycles. The summed E-state index contributed by atoms with van der Waals surface area (Å²) >= 11 is 0. The van der Waals surface area contributed by atoms with Crippen LogP contribution in [0.25, 0.3) is 0 Å². The number of nitrogens with one attached hydrogen (secondary N) is 2. The fraction of sp³-hybridized carbons (Fsp3) is 0.500. The second kappa shape index (κ2) is 6.52. The molecule has 2 aromatic rings. The monoisotopic (exact) mass is 312 g/mol. The van der Waals surface area contributed by atoms with Crippen molar-refractivity contribution in [2.75, 3.05) is 0 Å². The standard InChI is InChI=1S/C18H24N4O/c1-11-8-9-19-16(10-11)18(14-4-5-14)20-17(23)7-6-15-12(2)13(3)21-22-15/h8-10,14,18H,4-7H2,1-3H3,(H,20,23)(H,21,22)/t18-/m0/s1. The summed E-state index contributed by atoms with van der Waals surface area (Å²) in [6.07, 6.45) is 5.28. The van der Waals surface area contributed by atoms with Crippen molar-refractivity contribution in [2.24, 2.45) is 5.92 Å². The van der Waals surface area contributed by atoms with Gasteiger partial charge in [0.2, 0.25) is 5.91 Å². The van der Waals surface area contributed by atoms with Crippen LogP contribution in [0.4, 0.5) is 0 Å². The smallest absolute Gasteiger partial charge is 0.220 e. The molecule has 1 aliphatic rings. The molecule has 1 amide bonds. The molecule has 0 radical (unpaired) electrons. The van der Waals surface area contributed by atoms with E-state index in [9.17, 15) is 4.79 Å². The topological polar surface area (TPSA) is 70.7 Å². The minimum atomic E-state index is 0.0458. The molecule has 1 fully saturated rings. The summed E-state index contributed by atoms with van der Waals surface area (Å²) in [5, 5.41) is 10.4. The molecule has 2 aromatic heterocycles. The van der Waals surface area contributed by atoms with Gasteiger partial charge < -0.3 is 5.32 Å². The van der Waals surface area contributed by atoms with Crippen molar-refractivity contribution in [2.45, 2.75) is 52.5 Å². The maximum Gasteiger partial charge on any atom is 0.220 e. The Balaban J connectivity index is 1.62. The van der Waals surface area contributed by atoms with Gasteiger partial charge in [0.05, 0.1) is 17.4 Å². The van der Waals surface area contributed by atoms with E-state index in [4.69, 9.17) is 0 Å². The molecule has 0 spiro atoms. The highest BCUT2D eigenvalue weighted by molar-refractivity contribution is 5.76. The van der Waals surface area contributed by atoms with Gasteiger partial charge >= 0.3 is 0 Å². The van der Waals surface area contributed by atoms with E-state index in [-0.39, 0.29) is 11.9 Å². The second-order valence-corrected chi connectivity index (χ2v) is 6.56. The zero-order chi connectivity index (χ0) is 16.4. The lowest BCUT2D eigenvalue weighted by Crippen LogP contribution is -2.30. The Morgan fingerprint density at radius 3 is 2.78 bits per heavy atom. The zero-order valence-electron chi connectivity index (χ0n) is 14.0. The summed E-state index contributed by atoms with van der Waals surface area (Å²) in [5.41, 5.74) is 5.36. The number of carbonyl (C=O) groups is 1. The Morgan fingerprint density at radius 1 is 1.39 bits per heavy atom. The van der Waals surface area contributed by atoms with Crippen molar-refractivity contribution >= 4 is 5.91 Å². The number of carbonyl (C=O) groups excluding carboxylic acids is 1. The number of H-pyrrole nitrogens is 1. The molecule has 1 atom stereocenters. The minimum absolute atomic E-state index is 0.0458. The Morgan fingerprint density at radius 2 is 2.17 bits per heavy atom. The molecule has 5 nitrogen and oxygen atoms in total. The number of aromatic nitrogens is 3. The van der Waals surface area contributed by atoms with Crippen molar-refractivity contribution in [3.8, 4) is 0 Å². The molecule has 0 bridgehead atoms. The molecule has 5 heteroatoms. The van der Waals surface area contributed by atoms with Crippen molar-refractivity contribution in [3.63, 3.8) is 0 Å². The third-order valence-electron chi connectivity index (χ3n) is 4.61. The Hall–Kier alpha value is -2.17. The van der Waals surface area contributed by atoms with Crippen molar-refractivity contribution in [1.29, 1.82) is 0 Å². The predicted octanol–water partition coefficient (Wildman–Crippen LogP) is 2.93. The highest BCUT2D eigenvalue weighted by Gasteiger charge is 2.34. The zero-order valence-corrected chi connectivity index (χ0v) is 14.0. The van der Waals surface area contributed by atoms with E-state index in [1.54, 1.807) is 0 Å². The lowest BCUT2D eigenvalue weighted by molar-refractivity contribution is -0.122. The van der Waals surface area contributed by atoms with Gasteiger partial charge in [-0.1, -0.05) is 0 Å². The summed E-state index contributed by atoms with van der Waals surface area (Å²) in [6, 6.07) is 4.10. The number of nitrogens with zero attached hydrogens (tertiary/aromatic N) is 2. The third kappa shape index (κ3) is 3.78. The molecule has 122 valence electrons. The largest absolute Gasteiger partial charge is 0.347 e. The van der Waals surface area contributed by atoms with Crippen LogP contribution >= 0.6 is 0 Å². The molecule has 1 saturated carbocycles. The van der Waals surface area contributed by atoms with E-state index < -0.39 is 0 Å². The van der Waals surface area contributed by atoms with Gasteiger partial charge in [-0.25, -0.2) is 0 Å². The highest BCUT2D eigenvalue weighted by atomic mass is 16.1.